The van der Waals surface area contributed by atoms with E-state index in [1.807, 2.05) is 55.6 Å². The van der Waals surface area contributed by atoms with Crippen LogP contribution in [0, 0.1) is 0 Å². The third-order valence-electron chi connectivity index (χ3n) is 4.88. The summed E-state index contributed by atoms with van der Waals surface area (Å²) in [5.41, 5.74) is 4.00. The molecule has 3 aromatic carbocycles. The van der Waals surface area contributed by atoms with Crippen LogP contribution in [0.1, 0.15) is 10.4 Å². The summed E-state index contributed by atoms with van der Waals surface area (Å²) in [4.78, 5) is 17.4. The molecule has 30 heavy (non-hydrogen) atoms. The van der Waals surface area contributed by atoms with Crippen LogP contribution in [-0.4, -0.2) is 29.7 Å². The molecule has 0 bridgehead atoms. The molecule has 1 amide bonds. The van der Waals surface area contributed by atoms with Gasteiger partial charge < -0.3 is 19.4 Å². The number of carbonyl (C=O) groups excluding carboxylic acids is 1. The molecule has 7 heteroatoms. The van der Waals surface area contributed by atoms with Crippen molar-refractivity contribution < 1.29 is 14.3 Å². The van der Waals surface area contributed by atoms with Crippen molar-refractivity contribution in [3.8, 4) is 22.9 Å². The number of methoxy groups -OCH3 is 2. The molecule has 0 aliphatic rings. The number of amides is 1. The van der Waals surface area contributed by atoms with Gasteiger partial charge in [0.15, 0.2) is 11.5 Å². The molecule has 6 nitrogen and oxygen atoms in total. The number of carbonyl (C=O) groups is 1. The molecule has 0 saturated heterocycles. The Hall–Kier alpha value is -3.51. The van der Waals surface area contributed by atoms with Crippen LogP contribution in [0.25, 0.3) is 22.4 Å². The van der Waals surface area contributed by atoms with E-state index in [1.165, 1.54) is 14.2 Å². The van der Waals surface area contributed by atoms with Gasteiger partial charge in [-0.1, -0.05) is 23.7 Å². The molecule has 0 saturated carbocycles. The molecule has 0 aliphatic carbocycles. The molecule has 0 atom stereocenters. The average molecular weight is 422 g/mol. The first-order valence-electron chi connectivity index (χ1n) is 9.26. The number of anilines is 1. The fourth-order valence-corrected chi connectivity index (χ4v) is 3.65. The molecule has 0 aliphatic heterocycles. The number of nitrogens with one attached hydrogen (secondary N) is 1. The molecular weight excluding hydrogens is 402 g/mol. The first-order valence-corrected chi connectivity index (χ1v) is 9.64. The Morgan fingerprint density at radius 2 is 1.77 bits per heavy atom. The van der Waals surface area contributed by atoms with Gasteiger partial charge in [0.25, 0.3) is 5.91 Å². The van der Waals surface area contributed by atoms with Crippen molar-refractivity contribution in [2.45, 2.75) is 0 Å². The van der Waals surface area contributed by atoms with Crippen molar-refractivity contribution in [3.63, 3.8) is 0 Å². The first kappa shape index (κ1) is 19.8. The molecule has 152 valence electrons. The highest BCUT2D eigenvalue weighted by Gasteiger charge is 2.16. The summed E-state index contributed by atoms with van der Waals surface area (Å²) < 4.78 is 12.5. The van der Waals surface area contributed by atoms with E-state index in [0.29, 0.717) is 27.8 Å². The van der Waals surface area contributed by atoms with Gasteiger partial charge in [-0.25, -0.2) is 4.98 Å². The molecule has 0 radical (unpaired) electrons. The smallest absolute Gasteiger partial charge is 0.255 e. The molecule has 1 aromatic heterocycles. The van der Waals surface area contributed by atoms with Crippen LogP contribution in [0.4, 0.5) is 5.69 Å². The normalized spacial score (nSPS) is 10.8. The fourth-order valence-electron chi connectivity index (χ4n) is 3.36. The summed E-state index contributed by atoms with van der Waals surface area (Å²) >= 11 is 6.20. The third-order valence-corrected chi connectivity index (χ3v) is 5.16. The van der Waals surface area contributed by atoms with Crippen LogP contribution in [0.2, 0.25) is 5.02 Å². The summed E-state index contributed by atoms with van der Waals surface area (Å²) in [5, 5.41) is 3.18. The number of rotatable bonds is 5. The predicted molar refractivity (Wildman–Crippen MR) is 119 cm³/mol. The van der Waals surface area contributed by atoms with Crippen LogP contribution in [0.15, 0.2) is 60.7 Å². The highest BCUT2D eigenvalue weighted by molar-refractivity contribution is 6.32. The van der Waals surface area contributed by atoms with E-state index in [2.05, 4.69) is 9.88 Å². The highest BCUT2D eigenvalue weighted by Crippen LogP contribution is 2.36. The topological polar surface area (TPSA) is 65.4 Å². The lowest BCUT2D eigenvalue weighted by Crippen LogP contribution is -2.12. The second kappa shape index (κ2) is 8.08. The number of hydrogen-bond donors (Lipinski definition) is 1. The molecule has 4 rings (SSSR count). The maximum atomic E-state index is 12.7. The highest BCUT2D eigenvalue weighted by atomic mass is 35.5. The maximum Gasteiger partial charge on any atom is 0.255 e. The zero-order valence-electron chi connectivity index (χ0n) is 16.8. The number of halogens is 1. The second-order valence-corrected chi connectivity index (χ2v) is 7.12. The largest absolute Gasteiger partial charge is 0.493 e. The predicted octanol–water partition coefficient (Wildman–Crippen LogP) is 5.16. The lowest BCUT2D eigenvalue weighted by molar-refractivity contribution is 0.102. The summed E-state index contributed by atoms with van der Waals surface area (Å²) in [5.74, 6) is 1.35. The Morgan fingerprint density at radius 1 is 1.03 bits per heavy atom. The van der Waals surface area contributed by atoms with Crippen molar-refractivity contribution in [2.24, 2.45) is 7.05 Å². The zero-order valence-corrected chi connectivity index (χ0v) is 17.5. The quantitative estimate of drug-likeness (QED) is 0.483. The molecule has 0 fully saturated rings. The lowest BCUT2D eigenvalue weighted by atomic mass is 10.1. The molecule has 1 N–H and O–H groups in total. The van der Waals surface area contributed by atoms with Crippen molar-refractivity contribution in [1.82, 2.24) is 9.55 Å². The Kier molecular flexibility index (Phi) is 5.33. The van der Waals surface area contributed by atoms with E-state index >= 15 is 0 Å². The number of aromatic nitrogens is 2. The van der Waals surface area contributed by atoms with Gasteiger partial charge in [0.1, 0.15) is 5.82 Å². The number of hydrogen-bond acceptors (Lipinski definition) is 4. The number of benzene rings is 3. The Bertz CT molecular complexity index is 1230. The van der Waals surface area contributed by atoms with Crippen molar-refractivity contribution in [1.29, 1.82) is 0 Å². The Morgan fingerprint density at radius 3 is 2.43 bits per heavy atom. The van der Waals surface area contributed by atoms with E-state index < -0.39 is 0 Å². The Labute approximate surface area is 179 Å². The fraction of sp³-hybridized carbons (Fsp3) is 0.130. The van der Waals surface area contributed by atoms with Gasteiger partial charge in [-0.05, 0) is 48.5 Å². The molecule has 1 heterocycles. The van der Waals surface area contributed by atoms with E-state index in [0.717, 1.165) is 22.4 Å². The SMILES string of the molecule is COc1cc(C(=O)Nc2ccc(-c3nc4ccccc4n3C)cc2)cc(Cl)c1OC. The zero-order chi connectivity index (χ0) is 21.3. The van der Waals surface area contributed by atoms with Gasteiger partial charge >= 0.3 is 0 Å². The van der Waals surface area contributed by atoms with Crippen LogP contribution in [0.3, 0.4) is 0 Å². The van der Waals surface area contributed by atoms with Gasteiger partial charge in [0, 0.05) is 23.9 Å². The van der Waals surface area contributed by atoms with E-state index in [9.17, 15) is 4.79 Å². The van der Waals surface area contributed by atoms with Crippen molar-refractivity contribution in [3.05, 3.63) is 71.2 Å². The number of ether oxygens (including phenoxy) is 2. The minimum absolute atomic E-state index is 0.298. The van der Waals surface area contributed by atoms with Crippen molar-refractivity contribution in [2.75, 3.05) is 19.5 Å². The molecule has 4 aromatic rings. The standard InChI is InChI=1S/C23H20ClN3O3/c1-27-19-7-5-4-6-18(19)26-22(27)14-8-10-16(11-9-14)25-23(28)15-12-17(24)21(30-3)20(13-15)29-2/h4-13H,1-3H3,(H,25,28). The maximum absolute atomic E-state index is 12.7. The monoisotopic (exact) mass is 421 g/mol. The van der Waals surface area contributed by atoms with Crippen LogP contribution < -0.4 is 14.8 Å². The van der Waals surface area contributed by atoms with Crippen LogP contribution >= 0.6 is 11.6 Å². The average Bonchev–Trinajstić information content (AvgIpc) is 3.10. The van der Waals surface area contributed by atoms with Gasteiger partial charge in [-0.15, -0.1) is 0 Å². The van der Waals surface area contributed by atoms with Gasteiger partial charge in [0.05, 0.1) is 30.3 Å². The molecular formula is C23H20ClN3O3. The van der Waals surface area contributed by atoms with Gasteiger partial charge in [-0.2, -0.15) is 0 Å². The summed E-state index contributed by atoms with van der Waals surface area (Å²) in [6, 6.07) is 18.7. The number of nitrogens with zero attached hydrogens (tertiary/aromatic N) is 2. The minimum atomic E-state index is -0.298. The van der Waals surface area contributed by atoms with Gasteiger partial charge in [-0.3, -0.25) is 4.79 Å². The number of fused-ring (bicyclic) bond motifs is 1. The van der Waals surface area contributed by atoms with Gasteiger partial charge in [0.2, 0.25) is 0 Å². The third kappa shape index (κ3) is 3.57. The second-order valence-electron chi connectivity index (χ2n) is 6.71. The van der Waals surface area contributed by atoms with E-state index in [1.54, 1.807) is 12.1 Å². The number of imidazole rings is 1. The number of para-hydroxylation sites is 2. The first-order chi connectivity index (χ1) is 14.5. The van der Waals surface area contributed by atoms with E-state index in [4.69, 9.17) is 26.1 Å². The van der Waals surface area contributed by atoms with Crippen LogP contribution in [-0.2, 0) is 7.05 Å². The lowest BCUT2D eigenvalue weighted by Gasteiger charge is -2.12. The Balaban J connectivity index is 1.57. The van der Waals surface area contributed by atoms with E-state index in [-0.39, 0.29) is 5.91 Å². The summed E-state index contributed by atoms with van der Waals surface area (Å²) in [6.45, 7) is 0. The molecule has 0 spiro atoms. The number of aryl methyl sites for hydroxylation is 1. The summed E-state index contributed by atoms with van der Waals surface area (Å²) in [6.07, 6.45) is 0. The van der Waals surface area contributed by atoms with Crippen molar-refractivity contribution >= 4 is 34.2 Å². The van der Waals surface area contributed by atoms with Crippen LogP contribution in [0.5, 0.6) is 11.5 Å². The summed E-state index contributed by atoms with van der Waals surface area (Å²) in [7, 11) is 4.98. The molecule has 0 unspecified atom stereocenters. The minimum Gasteiger partial charge on any atom is -0.493 e.